The summed E-state index contributed by atoms with van der Waals surface area (Å²) in [6.07, 6.45) is 2.83. The van der Waals surface area contributed by atoms with Gasteiger partial charge in [0, 0.05) is 18.4 Å². The van der Waals surface area contributed by atoms with Crippen molar-refractivity contribution in [1.82, 2.24) is 24.7 Å². The van der Waals surface area contributed by atoms with Crippen molar-refractivity contribution in [2.24, 2.45) is 0 Å². The van der Waals surface area contributed by atoms with Gasteiger partial charge in [-0.2, -0.15) is 10.1 Å². The second-order valence-corrected chi connectivity index (χ2v) is 6.65. The Kier molecular flexibility index (Phi) is 3.04. The first-order valence-electron chi connectivity index (χ1n) is 7.19. The quantitative estimate of drug-likeness (QED) is 0.730. The molecule has 0 unspecified atom stereocenters. The molecule has 2 N–H and O–H groups in total. The van der Waals surface area contributed by atoms with Crippen molar-refractivity contribution in [3.05, 3.63) is 34.8 Å². The summed E-state index contributed by atoms with van der Waals surface area (Å²) in [5.41, 5.74) is 11.1. The zero-order valence-corrected chi connectivity index (χ0v) is 13.3. The summed E-state index contributed by atoms with van der Waals surface area (Å²) in [5, 5.41) is 6.72. The third-order valence-corrected chi connectivity index (χ3v) is 4.83. The first-order chi connectivity index (χ1) is 10.6. The second-order valence-electron chi connectivity index (χ2n) is 5.56. The maximum atomic E-state index is 5.85. The van der Waals surface area contributed by atoms with Gasteiger partial charge in [-0.15, -0.1) is 11.8 Å². The smallest absolute Gasteiger partial charge is 0.223 e. The maximum Gasteiger partial charge on any atom is 0.223 e. The summed E-state index contributed by atoms with van der Waals surface area (Å²) < 4.78 is 1.91. The normalized spacial score (nSPS) is 13.7. The number of anilines is 1. The Bertz CT molecular complexity index is 885. The van der Waals surface area contributed by atoms with E-state index in [1.165, 1.54) is 0 Å². The van der Waals surface area contributed by atoms with E-state index in [-0.39, 0.29) is 0 Å². The Morgan fingerprint density at radius 1 is 1.32 bits per heavy atom. The molecule has 0 bridgehead atoms. The van der Waals surface area contributed by atoms with E-state index in [1.807, 2.05) is 17.8 Å². The summed E-state index contributed by atoms with van der Waals surface area (Å²) in [4.78, 5) is 13.3. The fraction of sp³-hybridized carbons (Fsp3) is 0.333. The Hall–Kier alpha value is -2.15. The number of rotatable bonds is 2. The van der Waals surface area contributed by atoms with Gasteiger partial charge in [0.1, 0.15) is 5.03 Å². The van der Waals surface area contributed by atoms with Crippen LogP contribution in [-0.4, -0.2) is 30.5 Å². The van der Waals surface area contributed by atoms with E-state index < -0.39 is 0 Å². The zero-order valence-electron chi connectivity index (χ0n) is 12.5. The first-order valence-corrected chi connectivity index (χ1v) is 8.18. The number of aromatic nitrogens is 5. The zero-order chi connectivity index (χ0) is 15.3. The lowest BCUT2D eigenvalue weighted by Crippen LogP contribution is -2.07. The van der Waals surface area contributed by atoms with Crippen molar-refractivity contribution in [3.63, 3.8) is 0 Å². The molecule has 4 rings (SSSR count). The molecule has 0 amide bonds. The summed E-state index contributed by atoms with van der Waals surface area (Å²) in [5.74, 6) is 1.29. The second kappa shape index (κ2) is 4.95. The number of hydrogen-bond donors (Lipinski definition) is 1. The standard InChI is InChI=1S/C15H16N6S/c1-8-5-9(2)11(17-6-8)7-21-13-12-10(20-21)3-4-22-14(12)19-15(16)18-13/h5-6H,3-4,7H2,1-2H3,(H2,16,18,19). The number of thioether (sulfide) groups is 1. The van der Waals surface area contributed by atoms with Crippen molar-refractivity contribution in [2.75, 3.05) is 11.5 Å². The van der Waals surface area contributed by atoms with Gasteiger partial charge in [0.2, 0.25) is 5.95 Å². The fourth-order valence-corrected chi connectivity index (χ4v) is 3.81. The van der Waals surface area contributed by atoms with Gasteiger partial charge in [0.15, 0.2) is 5.65 Å². The molecule has 3 aromatic heterocycles. The number of aryl methyl sites for hydroxylation is 3. The number of hydrogen-bond acceptors (Lipinski definition) is 6. The van der Waals surface area contributed by atoms with Crippen LogP contribution in [0.5, 0.6) is 0 Å². The van der Waals surface area contributed by atoms with Crippen LogP contribution in [0.15, 0.2) is 17.3 Å². The van der Waals surface area contributed by atoms with Crippen molar-refractivity contribution in [3.8, 4) is 0 Å². The molecule has 1 aliphatic heterocycles. The van der Waals surface area contributed by atoms with Crippen LogP contribution >= 0.6 is 11.8 Å². The van der Waals surface area contributed by atoms with Crippen LogP contribution in [0.25, 0.3) is 11.0 Å². The SMILES string of the molecule is Cc1cnc(Cn2nc3c4c(nc(N)nc42)SCC3)c(C)c1. The lowest BCUT2D eigenvalue weighted by molar-refractivity contribution is 0.672. The summed E-state index contributed by atoms with van der Waals surface area (Å²) >= 11 is 1.72. The van der Waals surface area contributed by atoms with Crippen LogP contribution in [0.3, 0.4) is 0 Å². The van der Waals surface area contributed by atoms with E-state index in [0.29, 0.717) is 12.5 Å². The van der Waals surface area contributed by atoms with Crippen LogP contribution < -0.4 is 5.73 Å². The van der Waals surface area contributed by atoms with Gasteiger partial charge in [-0.05, 0) is 25.0 Å². The third-order valence-electron chi connectivity index (χ3n) is 3.85. The number of nitrogen functional groups attached to an aromatic ring is 1. The van der Waals surface area contributed by atoms with E-state index >= 15 is 0 Å². The average molecular weight is 312 g/mol. The highest BCUT2D eigenvalue weighted by molar-refractivity contribution is 7.99. The van der Waals surface area contributed by atoms with Crippen LogP contribution in [0.2, 0.25) is 0 Å². The summed E-state index contributed by atoms with van der Waals surface area (Å²) in [6.45, 7) is 4.72. The molecule has 0 radical (unpaired) electrons. The van der Waals surface area contributed by atoms with Gasteiger partial charge in [-0.3, -0.25) is 4.98 Å². The van der Waals surface area contributed by atoms with Crippen LogP contribution in [0.4, 0.5) is 5.95 Å². The molecule has 0 aliphatic carbocycles. The minimum atomic E-state index is 0.304. The van der Waals surface area contributed by atoms with Gasteiger partial charge >= 0.3 is 0 Å². The highest BCUT2D eigenvalue weighted by Gasteiger charge is 2.22. The van der Waals surface area contributed by atoms with E-state index in [1.54, 1.807) is 11.8 Å². The number of pyridine rings is 1. The lowest BCUT2D eigenvalue weighted by atomic mass is 10.1. The molecular formula is C15H16N6S. The Morgan fingerprint density at radius 2 is 2.18 bits per heavy atom. The molecule has 3 aromatic rings. The molecular weight excluding hydrogens is 296 g/mol. The minimum absolute atomic E-state index is 0.304. The highest BCUT2D eigenvalue weighted by atomic mass is 32.2. The van der Waals surface area contributed by atoms with Gasteiger partial charge in [-0.25, -0.2) is 9.67 Å². The number of nitrogens with zero attached hydrogens (tertiary/aromatic N) is 5. The van der Waals surface area contributed by atoms with Crippen molar-refractivity contribution >= 4 is 28.7 Å². The Balaban J connectivity index is 1.86. The lowest BCUT2D eigenvalue weighted by Gasteiger charge is -2.09. The summed E-state index contributed by atoms with van der Waals surface area (Å²) in [7, 11) is 0. The van der Waals surface area contributed by atoms with Gasteiger partial charge in [0.05, 0.1) is 23.3 Å². The van der Waals surface area contributed by atoms with E-state index in [0.717, 1.165) is 50.7 Å². The van der Waals surface area contributed by atoms with E-state index in [4.69, 9.17) is 10.8 Å². The molecule has 6 nitrogen and oxygen atoms in total. The molecule has 0 saturated heterocycles. The van der Waals surface area contributed by atoms with Crippen molar-refractivity contribution in [2.45, 2.75) is 31.8 Å². The van der Waals surface area contributed by atoms with Crippen LogP contribution in [-0.2, 0) is 13.0 Å². The molecule has 0 atom stereocenters. The molecule has 0 aromatic carbocycles. The number of nitrogens with two attached hydrogens (primary N) is 1. The van der Waals surface area contributed by atoms with Crippen molar-refractivity contribution in [1.29, 1.82) is 0 Å². The topological polar surface area (TPSA) is 82.5 Å². The third kappa shape index (κ3) is 2.12. The molecule has 1 aliphatic rings. The predicted molar refractivity (Wildman–Crippen MR) is 87.0 cm³/mol. The monoisotopic (exact) mass is 312 g/mol. The Labute approximate surface area is 132 Å². The largest absolute Gasteiger partial charge is 0.368 e. The van der Waals surface area contributed by atoms with E-state index in [2.05, 4.69) is 27.9 Å². The highest BCUT2D eigenvalue weighted by Crippen LogP contribution is 2.34. The van der Waals surface area contributed by atoms with Crippen molar-refractivity contribution < 1.29 is 0 Å². The van der Waals surface area contributed by atoms with Crippen LogP contribution in [0, 0.1) is 13.8 Å². The van der Waals surface area contributed by atoms with Gasteiger partial charge in [0.25, 0.3) is 0 Å². The Morgan fingerprint density at radius 3 is 3.00 bits per heavy atom. The van der Waals surface area contributed by atoms with Crippen LogP contribution in [0.1, 0.15) is 22.5 Å². The van der Waals surface area contributed by atoms with E-state index in [9.17, 15) is 0 Å². The fourth-order valence-electron chi connectivity index (χ4n) is 2.81. The van der Waals surface area contributed by atoms with Gasteiger partial charge < -0.3 is 5.73 Å². The first kappa shape index (κ1) is 13.5. The van der Waals surface area contributed by atoms with Gasteiger partial charge in [-0.1, -0.05) is 6.07 Å². The molecule has 22 heavy (non-hydrogen) atoms. The predicted octanol–water partition coefficient (Wildman–Crippen LogP) is 2.12. The molecule has 112 valence electrons. The molecule has 0 spiro atoms. The average Bonchev–Trinajstić information content (AvgIpc) is 2.81. The molecule has 0 fully saturated rings. The maximum absolute atomic E-state index is 5.85. The molecule has 4 heterocycles. The minimum Gasteiger partial charge on any atom is -0.368 e. The summed E-state index contributed by atoms with van der Waals surface area (Å²) in [6, 6.07) is 2.14. The molecule has 0 saturated carbocycles. The molecule has 7 heteroatoms.